The van der Waals surface area contributed by atoms with Crippen molar-refractivity contribution >= 4 is 5.69 Å². The molecule has 0 bridgehead atoms. The summed E-state index contributed by atoms with van der Waals surface area (Å²) in [6.07, 6.45) is 1.04. The smallest absolute Gasteiger partial charge is 0.0630 e. The van der Waals surface area contributed by atoms with Crippen LogP contribution in [0.25, 0.3) is 0 Å². The fourth-order valence-electron chi connectivity index (χ4n) is 0.947. The maximum Gasteiger partial charge on any atom is 0.0630 e. The summed E-state index contributed by atoms with van der Waals surface area (Å²) in [5, 5.41) is 10.1. The van der Waals surface area contributed by atoms with Gasteiger partial charge in [0.15, 0.2) is 0 Å². The summed E-state index contributed by atoms with van der Waals surface area (Å²) in [5.74, 6) is 0. The van der Waals surface area contributed by atoms with Crippen LogP contribution in [0.5, 0.6) is 0 Å². The van der Waals surface area contributed by atoms with Crippen LogP contribution in [-0.4, -0.2) is 12.3 Å². The van der Waals surface area contributed by atoms with Crippen molar-refractivity contribution in [2.24, 2.45) is 0 Å². The van der Waals surface area contributed by atoms with Crippen LogP contribution in [0, 0.1) is 0 Å². The van der Waals surface area contributed by atoms with E-state index in [2.05, 4.69) is 6.92 Å². The molecule has 1 aromatic carbocycles. The molecular weight excluding hydrogens is 138 g/mol. The topological polar surface area (TPSA) is 23.5 Å². The number of nitrogens with zero attached hydrogens (tertiary/aromatic N) is 1. The number of hydrogen-bond acceptors (Lipinski definition) is 2. The lowest BCUT2D eigenvalue weighted by atomic mass is 10.1. The molecule has 0 amide bonds. The minimum Gasteiger partial charge on any atom is -0.289 e. The van der Waals surface area contributed by atoms with Crippen molar-refractivity contribution in [3.05, 3.63) is 29.8 Å². The molecule has 1 rings (SSSR count). The van der Waals surface area contributed by atoms with Gasteiger partial charge in [0.05, 0.1) is 5.69 Å². The highest BCUT2D eigenvalue weighted by molar-refractivity contribution is 5.44. The second kappa shape index (κ2) is 3.39. The van der Waals surface area contributed by atoms with E-state index in [0.717, 1.165) is 17.2 Å². The molecule has 60 valence electrons. The minimum atomic E-state index is 0.821. The third-order valence-corrected chi connectivity index (χ3v) is 1.72. The van der Waals surface area contributed by atoms with Crippen LogP contribution < -0.4 is 5.06 Å². The molecule has 1 aromatic rings. The van der Waals surface area contributed by atoms with Crippen molar-refractivity contribution in [3.63, 3.8) is 0 Å². The van der Waals surface area contributed by atoms with Gasteiger partial charge in [0.1, 0.15) is 0 Å². The Kier molecular flexibility index (Phi) is 2.49. The maximum absolute atomic E-state index is 9.02. The Balaban J connectivity index is 2.83. The molecule has 0 fully saturated rings. The van der Waals surface area contributed by atoms with E-state index in [9.17, 15) is 0 Å². The summed E-state index contributed by atoms with van der Waals surface area (Å²) in [7, 11) is 1.61. The maximum atomic E-state index is 9.02. The van der Waals surface area contributed by atoms with Crippen molar-refractivity contribution < 1.29 is 5.21 Å². The highest BCUT2D eigenvalue weighted by Gasteiger charge is 1.94. The molecule has 0 heterocycles. The summed E-state index contributed by atoms with van der Waals surface area (Å²) in [6.45, 7) is 2.11. The first-order valence-corrected chi connectivity index (χ1v) is 3.75. The van der Waals surface area contributed by atoms with Crippen LogP contribution in [0.4, 0.5) is 5.69 Å². The van der Waals surface area contributed by atoms with Gasteiger partial charge in [-0.25, -0.2) is 0 Å². The quantitative estimate of drug-likeness (QED) is 0.654. The van der Waals surface area contributed by atoms with E-state index >= 15 is 0 Å². The van der Waals surface area contributed by atoms with Gasteiger partial charge < -0.3 is 0 Å². The largest absolute Gasteiger partial charge is 0.289 e. The molecular formula is C9H13NO. The molecule has 0 unspecified atom stereocenters. The molecule has 0 aliphatic carbocycles. The molecule has 0 saturated heterocycles. The SMILES string of the molecule is CCc1ccc(N(C)O)cc1. The van der Waals surface area contributed by atoms with Gasteiger partial charge >= 0.3 is 0 Å². The summed E-state index contributed by atoms with van der Waals surface area (Å²) in [5.41, 5.74) is 2.11. The Morgan fingerprint density at radius 1 is 1.27 bits per heavy atom. The molecule has 11 heavy (non-hydrogen) atoms. The molecule has 0 aliphatic rings. The first kappa shape index (κ1) is 8.08. The van der Waals surface area contributed by atoms with Gasteiger partial charge in [-0.2, -0.15) is 0 Å². The average Bonchev–Trinajstić information content (AvgIpc) is 2.05. The third-order valence-electron chi connectivity index (χ3n) is 1.72. The molecule has 0 radical (unpaired) electrons. The summed E-state index contributed by atoms with van der Waals surface area (Å²) in [4.78, 5) is 0. The van der Waals surface area contributed by atoms with Crippen LogP contribution >= 0.6 is 0 Å². The van der Waals surface area contributed by atoms with Crippen LogP contribution in [-0.2, 0) is 6.42 Å². The van der Waals surface area contributed by atoms with Crippen molar-refractivity contribution in [1.29, 1.82) is 0 Å². The van der Waals surface area contributed by atoms with E-state index in [1.54, 1.807) is 7.05 Å². The molecule has 0 saturated carbocycles. The second-order valence-electron chi connectivity index (χ2n) is 2.54. The van der Waals surface area contributed by atoms with Crippen molar-refractivity contribution in [3.8, 4) is 0 Å². The normalized spacial score (nSPS) is 9.73. The van der Waals surface area contributed by atoms with E-state index in [4.69, 9.17) is 5.21 Å². The molecule has 1 N–H and O–H groups in total. The lowest BCUT2D eigenvalue weighted by molar-refractivity contribution is 0.279. The predicted octanol–water partition coefficient (Wildman–Crippen LogP) is 2.07. The van der Waals surface area contributed by atoms with E-state index in [0.29, 0.717) is 0 Å². The third kappa shape index (κ3) is 1.95. The minimum absolute atomic E-state index is 0.821. The lowest BCUT2D eigenvalue weighted by Crippen LogP contribution is -2.09. The van der Waals surface area contributed by atoms with Gasteiger partial charge in [-0.15, -0.1) is 0 Å². The standard InChI is InChI=1S/C9H13NO/c1-3-8-4-6-9(7-5-8)10(2)11/h4-7,11H,3H2,1-2H3. The van der Waals surface area contributed by atoms with Gasteiger partial charge in [0.25, 0.3) is 0 Å². The first-order chi connectivity index (χ1) is 5.24. The fourth-order valence-corrected chi connectivity index (χ4v) is 0.947. The summed E-state index contributed by atoms with van der Waals surface area (Å²) < 4.78 is 0. The van der Waals surface area contributed by atoms with Crippen molar-refractivity contribution in [2.45, 2.75) is 13.3 Å². The number of aryl methyl sites for hydroxylation is 1. The summed E-state index contributed by atoms with van der Waals surface area (Å²) in [6, 6.07) is 7.84. The van der Waals surface area contributed by atoms with Gasteiger partial charge in [-0.3, -0.25) is 10.3 Å². The lowest BCUT2D eigenvalue weighted by Gasteiger charge is -2.09. The molecule has 0 aliphatic heterocycles. The van der Waals surface area contributed by atoms with Crippen LogP contribution in [0.1, 0.15) is 12.5 Å². The number of hydroxylamine groups is 1. The van der Waals surface area contributed by atoms with Gasteiger partial charge in [-0.1, -0.05) is 19.1 Å². The van der Waals surface area contributed by atoms with Gasteiger partial charge in [0.2, 0.25) is 0 Å². The Morgan fingerprint density at radius 2 is 1.82 bits per heavy atom. The molecule has 2 heteroatoms. The zero-order valence-corrected chi connectivity index (χ0v) is 6.91. The molecule has 2 nitrogen and oxygen atoms in total. The van der Waals surface area contributed by atoms with Crippen LogP contribution in [0.3, 0.4) is 0 Å². The van der Waals surface area contributed by atoms with E-state index in [-0.39, 0.29) is 0 Å². The van der Waals surface area contributed by atoms with Gasteiger partial charge in [-0.05, 0) is 24.1 Å². The Labute approximate surface area is 67.0 Å². The summed E-state index contributed by atoms with van der Waals surface area (Å²) >= 11 is 0. The molecule has 0 spiro atoms. The fraction of sp³-hybridized carbons (Fsp3) is 0.333. The second-order valence-corrected chi connectivity index (χ2v) is 2.54. The van der Waals surface area contributed by atoms with E-state index in [1.165, 1.54) is 5.56 Å². The molecule has 0 aromatic heterocycles. The number of hydrogen-bond donors (Lipinski definition) is 1. The number of anilines is 1. The number of rotatable bonds is 2. The van der Waals surface area contributed by atoms with Crippen LogP contribution in [0.15, 0.2) is 24.3 Å². The van der Waals surface area contributed by atoms with Crippen molar-refractivity contribution in [1.82, 2.24) is 0 Å². The van der Waals surface area contributed by atoms with E-state index < -0.39 is 0 Å². The first-order valence-electron chi connectivity index (χ1n) is 3.75. The highest BCUT2D eigenvalue weighted by atomic mass is 16.5. The monoisotopic (exact) mass is 151 g/mol. The Bertz CT molecular complexity index is 216. The Morgan fingerprint density at radius 3 is 2.18 bits per heavy atom. The average molecular weight is 151 g/mol. The van der Waals surface area contributed by atoms with E-state index in [1.807, 2.05) is 24.3 Å². The zero-order chi connectivity index (χ0) is 8.27. The number of benzene rings is 1. The zero-order valence-electron chi connectivity index (χ0n) is 6.91. The van der Waals surface area contributed by atoms with Crippen molar-refractivity contribution in [2.75, 3.05) is 12.1 Å². The Hall–Kier alpha value is -1.02. The predicted molar refractivity (Wildman–Crippen MR) is 46.0 cm³/mol. The highest BCUT2D eigenvalue weighted by Crippen LogP contribution is 2.11. The molecule has 0 atom stereocenters. The van der Waals surface area contributed by atoms with Crippen LogP contribution in [0.2, 0.25) is 0 Å². The van der Waals surface area contributed by atoms with Gasteiger partial charge in [0, 0.05) is 7.05 Å².